The van der Waals surface area contributed by atoms with Crippen molar-refractivity contribution in [3.8, 4) is 17.5 Å². The van der Waals surface area contributed by atoms with Crippen LogP contribution in [-0.2, 0) is 4.79 Å². The molecule has 2 aromatic rings. The quantitative estimate of drug-likeness (QED) is 0.826. The summed E-state index contributed by atoms with van der Waals surface area (Å²) in [5.74, 6) is 0.830. The number of ether oxygens (including phenoxy) is 3. The first kappa shape index (κ1) is 17.5. The van der Waals surface area contributed by atoms with Crippen LogP contribution in [0.1, 0.15) is 24.4 Å². The number of methoxy groups -OCH3 is 3. The average Bonchev–Trinajstić information content (AvgIpc) is 2.60. The predicted octanol–water partition coefficient (Wildman–Crippen LogP) is 1.54. The summed E-state index contributed by atoms with van der Waals surface area (Å²) in [5, 5.41) is 13.4. The molecular formula is C16H19N3O5. The molecule has 1 heterocycles. The summed E-state index contributed by atoms with van der Waals surface area (Å²) < 4.78 is 15.3. The summed E-state index contributed by atoms with van der Waals surface area (Å²) in [4.78, 5) is 19.7. The minimum absolute atomic E-state index is 0.0751. The molecule has 0 radical (unpaired) electrons. The van der Waals surface area contributed by atoms with Crippen molar-refractivity contribution < 1.29 is 24.1 Å². The molecule has 1 amide bonds. The lowest BCUT2D eigenvalue weighted by molar-refractivity contribution is -0.114. The van der Waals surface area contributed by atoms with Gasteiger partial charge in [-0.05, 0) is 18.2 Å². The van der Waals surface area contributed by atoms with Crippen molar-refractivity contribution in [1.29, 1.82) is 0 Å². The first-order valence-corrected chi connectivity index (χ1v) is 7.09. The second-order valence-corrected chi connectivity index (χ2v) is 4.85. The number of benzene rings is 1. The molecule has 2 N–H and O–H groups in total. The van der Waals surface area contributed by atoms with Gasteiger partial charge in [-0.3, -0.25) is 4.79 Å². The maximum absolute atomic E-state index is 11.4. The van der Waals surface area contributed by atoms with Crippen LogP contribution in [0.4, 0.5) is 5.69 Å². The molecular weight excluding hydrogens is 314 g/mol. The molecule has 0 aliphatic rings. The van der Waals surface area contributed by atoms with Crippen molar-refractivity contribution in [3.63, 3.8) is 0 Å². The van der Waals surface area contributed by atoms with Crippen LogP contribution in [0.15, 0.2) is 24.3 Å². The van der Waals surface area contributed by atoms with Crippen molar-refractivity contribution in [2.24, 2.45) is 0 Å². The molecule has 0 saturated heterocycles. The highest BCUT2D eigenvalue weighted by molar-refractivity contribution is 5.89. The molecule has 1 aromatic carbocycles. The molecule has 0 aliphatic heterocycles. The van der Waals surface area contributed by atoms with E-state index in [9.17, 15) is 9.90 Å². The van der Waals surface area contributed by atoms with Crippen LogP contribution in [0.2, 0.25) is 0 Å². The molecule has 1 aromatic heterocycles. The number of aliphatic hydroxyl groups is 1. The van der Waals surface area contributed by atoms with Gasteiger partial charge in [0, 0.05) is 18.2 Å². The van der Waals surface area contributed by atoms with Gasteiger partial charge in [0.25, 0.3) is 0 Å². The molecule has 128 valence electrons. The van der Waals surface area contributed by atoms with E-state index in [-0.39, 0.29) is 23.5 Å². The zero-order valence-corrected chi connectivity index (χ0v) is 13.9. The maximum atomic E-state index is 11.4. The normalized spacial score (nSPS) is 11.5. The highest BCUT2D eigenvalue weighted by Gasteiger charge is 2.21. The van der Waals surface area contributed by atoms with Gasteiger partial charge in [-0.2, -0.15) is 9.97 Å². The minimum atomic E-state index is -1.22. The zero-order chi connectivity index (χ0) is 17.7. The summed E-state index contributed by atoms with van der Waals surface area (Å²) in [5.41, 5.74) is 0.820. The molecule has 0 bridgehead atoms. The molecule has 0 fully saturated rings. The SMILES string of the molecule is COc1ccc(NC(C)=O)c(C(O)c2nc(OC)cc(OC)n2)c1. The molecule has 8 heteroatoms. The Morgan fingerprint density at radius 1 is 1.08 bits per heavy atom. The third-order valence-corrected chi connectivity index (χ3v) is 3.22. The lowest BCUT2D eigenvalue weighted by atomic mass is 10.1. The molecule has 0 saturated carbocycles. The fraction of sp³-hybridized carbons (Fsp3) is 0.312. The number of aromatic nitrogens is 2. The highest BCUT2D eigenvalue weighted by Crippen LogP contribution is 2.31. The number of carbonyl (C=O) groups is 1. The molecule has 8 nitrogen and oxygen atoms in total. The second-order valence-electron chi connectivity index (χ2n) is 4.85. The fourth-order valence-electron chi connectivity index (χ4n) is 2.09. The summed E-state index contributed by atoms with van der Waals surface area (Å²) in [7, 11) is 4.41. The first-order chi connectivity index (χ1) is 11.5. The van der Waals surface area contributed by atoms with Crippen LogP contribution in [0.5, 0.6) is 17.5 Å². The largest absolute Gasteiger partial charge is 0.497 e. The fourth-order valence-corrected chi connectivity index (χ4v) is 2.09. The summed E-state index contributed by atoms with van der Waals surface area (Å²) in [6, 6.07) is 6.41. The Kier molecular flexibility index (Phi) is 5.54. The van der Waals surface area contributed by atoms with Gasteiger partial charge in [0.1, 0.15) is 11.9 Å². The number of hydrogen-bond donors (Lipinski definition) is 2. The van der Waals surface area contributed by atoms with E-state index in [0.717, 1.165) is 0 Å². The van der Waals surface area contributed by atoms with Gasteiger partial charge in [-0.25, -0.2) is 0 Å². The van der Waals surface area contributed by atoms with Crippen molar-refractivity contribution in [1.82, 2.24) is 9.97 Å². The summed E-state index contributed by atoms with van der Waals surface area (Å²) in [6.07, 6.45) is -1.22. The number of hydrogen-bond acceptors (Lipinski definition) is 7. The Balaban J connectivity index is 2.51. The molecule has 2 rings (SSSR count). The van der Waals surface area contributed by atoms with E-state index in [1.165, 1.54) is 34.3 Å². The van der Waals surface area contributed by atoms with Crippen LogP contribution >= 0.6 is 0 Å². The molecule has 24 heavy (non-hydrogen) atoms. The number of amides is 1. The monoisotopic (exact) mass is 333 g/mol. The van der Waals surface area contributed by atoms with E-state index in [1.807, 2.05) is 0 Å². The smallest absolute Gasteiger partial charge is 0.221 e. The van der Waals surface area contributed by atoms with Crippen molar-refractivity contribution in [2.75, 3.05) is 26.6 Å². The van der Waals surface area contributed by atoms with Crippen LogP contribution in [-0.4, -0.2) is 42.3 Å². The van der Waals surface area contributed by atoms with Crippen LogP contribution in [0, 0.1) is 0 Å². The minimum Gasteiger partial charge on any atom is -0.497 e. The van der Waals surface area contributed by atoms with Crippen LogP contribution < -0.4 is 19.5 Å². The third kappa shape index (κ3) is 3.90. The Hall–Kier alpha value is -2.87. The lowest BCUT2D eigenvalue weighted by Crippen LogP contribution is -2.13. The van der Waals surface area contributed by atoms with E-state index < -0.39 is 6.10 Å². The summed E-state index contributed by atoms with van der Waals surface area (Å²) in [6.45, 7) is 1.38. The maximum Gasteiger partial charge on any atom is 0.221 e. The number of rotatable bonds is 6. The van der Waals surface area contributed by atoms with E-state index in [1.54, 1.807) is 18.2 Å². The predicted molar refractivity (Wildman–Crippen MR) is 86.5 cm³/mol. The summed E-state index contributed by atoms with van der Waals surface area (Å²) >= 11 is 0. The van der Waals surface area contributed by atoms with Crippen LogP contribution in [0.3, 0.4) is 0 Å². The van der Waals surface area contributed by atoms with Crippen molar-refractivity contribution >= 4 is 11.6 Å². The second kappa shape index (κ2) is 7.60. The van der Waals surface area contributed by atoms with Gasteiger partial charge >= 0.3 is 0 Å². The number of nitrogens with zero attached hydrogens (tertiary/aromatic N) is 2. The van der Waals surface area contributed by atoms with Gasteiger partial charge in [0.05, 0.1) is 27.4 Å². The van der Waals surface area contributed by atoms with Crippen molar-refractivity contribution in [2.45, 2.75) is 13.0 Å². The van der Waals surface area contributed by atoms with Crippen molar-refractivity contribution in [3.05, 3.63) is 35.7 Å². The molecule has 1 atom stereocenters. The molecule has 1 unspecified atom stereocenters. The Bertz CT molecular complexity index is 713. The lowest BCUT2D eigenvalue weighted by Gasteiger charge is -2.17. The van der Waals surface area contributed by atoms with Gasteiger partial charge in [0.15, 0.2) is 5.82 Å². The van der Waals surface area contributed by atoms with Gasteiger partial charge < -0.3 is 24.6 Å². The number of carbonyl (C=O) groups excluding carboxylic acids is 1. The Morgan fingerprint density at radius 3 is 2.21 bits per heavy atom. The molecule has 0 aliphatic carbocycles. The molecule has 0 spiro atoms. The van der Waals surface area contributed by atoms with Gasteiger partial charge in [-0.15, -0.1) is 0 Å². The van der Waals surface area contributed by atoms with E-state index in [4.69, 9.17) is 14.2 Å². The average molecular weight is 333 g/mol. The number of anilines is 1. The van der Waals surface area contributed by atoms with Gasteiger partial charge in [-0.1, -0.05) is 0 Å². The Morgan fingerprint density at radius 2 is 1.71 bits per heavy atom. The standard InChI is InChI=1S/C16H19N3O5/c1-9(20)17-12-6-5-10(22-2)7-11(12)15(21)16-18-13(23-3)8-14(19-16)24-4/h5-8,15,21H,1-4H3,(H,17,20). The zero-order valence-electron chi connectivity index (χ0n) is 13.9. The van der Waals surface area contributed by atoms with Gasteiger partial charge in [0.2, 0.25) is 17.7 Å². The topological polar surface area (TPSA) is 103 Å². The van der Waals surface area contributed by atoms with E-state index in [2.05, 4.69) is 15.3 Å². The van der Waals surface area contributed by atoms with E-state index >= 15 is 0 Å². The number of nitrogens with one attached hydrogen (secondary N) is 1. The highest BCUT2D eigenvalue weighted by atomic mass is 16.5. The van der Waals surface area contributed by atoms with Crippen LogP contribution in [0.25, 0.3) is 0 Å². The first-order valence-electron chi connectivity index (χ1n) is 7.09. The van der Waals surface area contributed by atoms with E-state index in [0.29, 0.717) is 17.0 Å². The number of aliphatic hydroxyl groups excluding tert-OH is 1. The third-order valence-electron chi connectivity index (χ3n) is 3.22. The Labute approximate surface area is 139 Å².